The summed E-state index contributed by atoms with van der Waals surface area (Å²) in [4.78, 5) is 51.9. The minimum atomic E-state index is -0.361. The lowest BCUT2D eigenvalue weighted by atomic mass is 10.1. The maximum Gasteiger partial charge on any atom is 0.228 e. The van der Waals surface area contributed by atoms with Crippen LogP contribution >= 0.6 is 0 Å². The van der Waals surface area contributed by atoms with Crippen molar-refractivity contribution in [3.8, 4) is 0 Å². The molecular weight excluding hydrogens is 336 g/mol. The Hall–Kier alpha value is -2.90. The molecule has 3 rings (SSSR count). The first kappa shape index (κ1) is 17.9. The maximum absolute atomic E-state index is 12.7. The summed E-state index contributed by atoms with van der Waals surface area (Å²) in [5, 5.41) is 2.68. The van der Waals surface area contributed by atoms with Crippen molar-refractivity contribution in [3.63, 3.8) is 0 Å². The zero-order chi connectivity index (χ0) is 18.7. The van der Waals surface area contributed by atoms with E-state index < -0.39 is 0 Å². The van der Waals surface area contributed by atoms with Gasteiger partial charge in [0, 0.05) is 57.4 Å². The van der Waals surface area contributed by atoms with Gasteiger partial charge in [-0.25, -0.2) is 0 Å². The highest BCUT2D eigenvalue weighted by Gasteiger charge is 2.37. The highest BCUT2D eigenvalue weighted by molar-refractivity contribution is 6.00. The van der Waals surface area contributed by atoms with Gasteiger partial charge in [0.05, 0.1) is 5.92 Å². The first-order valence-corrected chi connectivity index (χ1v) is 8.64. The van der Waals surface area contributed by atoms with Gasteiger partial charge in [0.25, 0.3) is 0 Å². The smallest absolute Gasteiger partial charge is 0.228 e. The van der Waals surface area contributed by atoms with Crippen LogP contribution < -0.4 is 10.2 Å². The van der Waals surface area contributed by atoms with Crippen LogP contribution in [0.1, 0.15) is 13.3 Å². The third-order valence-corrected chi connectivity index (χ3v) is 4.75. The van der Waals surface area contributed by atoms with E-state index in [1.54, 1.807) is 39.0 Å². The predicted octanol–water partition coefficient (Wildman–Crippen LogP) is 0.299. The monoisotopic (exact) mass is 358 g/mol. The average Bonchev–Trinajstić information content (AvgIpc) is 3.03. The van der Waals surface area contributed by atoms with Gasteiger partial charge < -0.3 is 20.0 Å². The van der Waals surface area contributed by atoms with Gasteiger partial charge in [-0.05, 0) is 24.3 Å². The molecule has 8 nitrogen and oxygen atoms in total. The van der Waals surface area contributed by atoms with Crippen molar-refractivity contribution in [2.45, 2.75) is 13.3 Å². The molecule has 0 saturated carbocycles. The van der Waals surface area contributed by atoms with E-state index in [0.29, 0.717) is 44.1 Å². The van der Waals surface area contributed by atoms with Crippen molar-refractivity contribution in [2.24, 2.45) is 5.92 Å². The summed E-state index contributed by atoms with van der Waals surface area (Å²) in [7, 11) is 0. The van der Waals surface area contributed by atoms with Crippen LogP contribution in [0.2, 0.25) is 0 Å². The number of hydrogen-bond acceptors (Lipinski definition) is 4. The molecule has 1 aromatic carbocycles. The molecule has 1 N–H and O–H groups in total. The SMILES string of the molecule is CC(=O)Nc1ccc(N2CC(C(=O)N3CCN(C=O)CC3)CC2=O)cc1. The number of anilines is 2. The lowest BCUT2D eigenvalue weighted by Gasteiger charge is -2.33. The van der Waals surface area contributed by atoms with Gasteiger partial charge >= 0.3 is 0 Å². The van der Waals surface area contributed by atoms with Gasteiger partial charge in [-0.15, -0.1) is 0 Å². The average molecular weight is 358 g/mol. The molecule has 2 fully saturated rings. The number of carbonyl (C=O) groups is 4. The molecule has 138 valence electrons. The van der Waals surface area contributed by atoms with Crippen molar-refractivity contribution in [1.29, 1.82) is 0 Å². The summed E-state index contributed by atoms with van der Waals surface area (Å²) in [5.41, 5.74) is 1.37. The molecule has 1 unspecified atom stereocenters. The number of nitrogens with one attached hydrogen (secondary N) is 1. The van der Waals surface area contributed by atoms with Gasteiger partial charge in [-0.3, -0.25) is 19.2 Å². The first-order valence-electron chi connectivity index (χ1n) is 8.64. The van der Waals surface area contributed by atoms with Crippen LogP contribution in [0.3, 0.4) is 0 Å². The van der Waals surface area contributed by atoms with Crippen LogP contribution in [-0.4, -0.2) is 66.7 Å². The first-order chi connectivity index (χ1) is 12.5. The molecule has 8 heteroatoms. The fourth-order valence-electron chi connectivity index (χ4n) is 3.36. The Labute approximate surface area is 151 Å². The summed E-state index contributed by atoms with van der Waals surface area (Å²) in [6, 6.07) is 6.99. The molecule has 0 spiro atoms. The Bertz CT molecular complexity index is 710. The molecule has 0 aromatic heterocycles. The van der Waals surface area contributed by atoms with E-state index in [4.69, 9.17) is 0 Å². The Balaban J connectivity index is 1.62. The van der Waals surface area contributed by atoms with Crippen LogP contribution in [-0.2, 0) is 19.2 Å². The molecule has 0 radical (unpaired) electrons. The van der Waals surface area contributed by atoms with Gasteiger partial charge in [0.15, 0.2) is 0 Å². The summed E-state index contributed by atoms with van der Waals surface area (Å²) in [5.74, 6) is -0.626. The third kappa shape index (κ3) is 3.84. The summed E-state index contributed by atoms with van der Waals surface area (Å²) < 4.78 is 0. The Morgan fingerprint density at radius 1 is 1.12 bits per heavy atom. The molecule has 1 aromatic rings. The van der Waals surface area contributed by atoms with Crippen molar-refractivity contribution >= 4 is 35.5 Å². The second-order valence-electron chi connectivity index (χ2n) is 6.60. The van der Waals surface area contributed by atoms with E-state index in [0.717, 1.165) is 6.41 Å². The fourth-order valence-corrected chi connectivity index (χ4v) is 3.36. The van der Waals surface area contributed by atoms with Gasteiger partial charge in [0.2, 0.25) is 24.1 Å². The van der Waals surface area contributed by atoms with E-state index in [9.17, 15) is 19.2 Å². The second kappa shape index (κ2) is 7.55. The predicted molar refractivity (Wildman–Crippen MR) is 95.4 cm³/mol. The van der Waals surface area contributed by atoms with E-state index in [-0.39, 0.29) is 30.1 Å². The number of piperazine rings is 1. The largest absolute Gasteiger partial charge is 0.342 e. The second-order valence-corrected chi connectivity index (χ2v) is 6.60. The van der Waals surface area contributed by atoms with E-state index in [2.05, 4.69) is 5.32 Å². The van der Waals surface area contributed by atoms with Crippen LogP contribution in [0.15, 0.2) is 24.3 Å². The Morgan fingerprint density at radius 3 is 2.35 bits per heavy atom. The molecule has 0 aliphatic carbocycles. The van der Waals surface area contributed by atoms with Crippen LogP contribution in [0.4, 0.5) is 11.4 Å². The number of amides is 4. The number of hydrogen-bond donors (Lipinski definition) is 1. The summed E-state index contributed by atoms with van der Waals surface area (Å²) in [6.45, 7) is 3.86. The van der Waals surface area contributed by atoms with E-state index >= 15 is 0 Å². The molecule has 0 bridgehead atoms. The number of rotatable bonds is 4. The topological polar surface area (TPSA) is 90.0 Å². The van der Waals surface area contributed by atoms with Gasteiger partial charge in [0.1, 0.15) is 0 Å². The minimum absolute atomic E-state index is 0.0266. The normalized spacial score (nSPS) is 20.3. The number of nitrogens with zero attached hydrogens (tertiary/aromatic N) is 3. The lowest BCUT2D eigenvalue weighted by Crippen LogP contribution is -2.50. The molecule has 2 aliphatic rings. The van der Waals surface area contributed by atoms with Crippen LogP contribution in [0.25, 0.3) is 0 Å². The molecule has 2 saturated heterocycles. The van der Waals surface area contributed by atoms with E-state index in [1.165, 1.54) is 6.92 Å². The zero-order valence-corrected chi connectivity index (χ0v) is 14.7. The molecule has 26 heavy (non-hydrogen) atoms. The summed E-state index contributed by atoms with van der Waals surface area (Å²) >= 11 is 0. The van der Waals surface area contributed by atoms with Crippen LogP contribution in [0.5, 0.6) is 0 Å². The fraction of sp³-hybridized carbons (Fsp3) is 0.444. The number of benzene rings is 1. The lowest BCUT2D eigenvalue weighted by molar-refractivity contribution is -0.139. The minimum Gasteiger partial charge on any atom is -0.342 e. The van der Waals surface area contributed by atoms with Crippen molar-refractivity contribution < 1.29 is 19.2 Å². The molecule has 2 heterocycles. The van der Waals surface area contributed by atoms with Crippen LogP contribution in [0, 0.1) is 5.92 Å². The Kier molecular flexibility index (Phi) is 5.20. The van der Waals surface area contributed by atoms with E-state index in [1.807, 2.05) is 0 Å². The molecule has 2 aliphatic heterocycles. The molecule has 4 amide bonds. The highest BCUT2D eigenvalue weighted by atomic mass is 16.2. The maximum atomic E-state index is 12.7. The third-order valence-electron chi connectivity index (χ3n) is 4.75. The quantitative estimate of drug-likeness (QED) is 0.784. The Morgan fingerprint density at radius 2 is 1.77 bits per heavy atom. The summed E-state index contributed by atoms with van der Waals surface area (Å²) in [6.07, 6.45) is 0.993. The zero-order valence-electron chi connectivity index (χ0n) is 14.7. The van der Waals surface area contributed by atoms with Gasteiger partial charge in [-0.1, -0.05) is 0 Å². The standard InChI is InChI=1S/C18H22N4O4/c1-13(24)19-15-2-4-16(5-3-15)22-11-14(10-17(22)25)18(26)21-8-6-20(12-23)7-9-21/h2-5,12,14H,6-11H2,1H3,(H,19,24). The van der Waals surface area contributed by atoms with Gasteiger partial charge in [-0.2, -0.15) is 0 Å². The molecular formula is C18H22N4O4. The van der Waals surface area contributed by atoms with Crippen molar-refractivity contribution in [1.82, 2.24) is 9.80 Å². The van der Waals surface area contributed by atoms with Crippen molar-refractivity contribution in [3.05, 3.63) is 24.3 Å². The molecule has 1 atom stereocenters. The number of carbonyl (C=O) groups excluding carboxylic acids is 4. The highest BCUT2D eigenvalue weighted by Crippen LogP contribution is 2.27. The van der Waals surface area contributed by atoms with Crippen molar-refractivity contribution in [2.75, 3.05) is 42.9 Å².